The lowest BCUT2D eigenvalue weighted by Gasteiger charge is -2.07. The van der Waals surface area contributed by atoms with Crippen molar-refractivity contribution >= 4 is 28.9 Å². The highest BCUT2D eigenvalue weighted by molar-refractivity contribution is 6.04. The minimum atomic E-state index is -0.237. The van der Waals surface area contributed by atoms with Crippen molar-refractivity contribution in [3.8, 4) is 22.9 Å². The summed E-state index contributed by atoms with van der Waals surface area (Å²) < 4.78 is 12.1. The van der Waals surface area contributed by atoms with Crippen LogP contribution in [-0.2, 0) is 0 Å². The molecule has 9 nitrogen and oxygen atoms in total. The fraction of sp³-hybridized carbons (Fsp3) is 0.0769. The summed E-state index contributed by atoms with van der Waals surface area (Å²) in [6.45, 7) is 0. The van der Waals surface area contributed by atoms with Gasteiger partial charge in [0.1, 0.15) is 5.75 Å². The van der Waals surface area contributed by atoms with Crippen molar-refractivity contribution in [3.05, 3.63) is 90.6 Å². The number of pyridine rings is 2. The lowest BCUT2D eigenvalue weighted by Crippen LogP contribution is -2.12. The number of methoxy groups -OCH3 is 2. The number of hydrogen-bond donors (Lipinski definition) is 2. The van der Waals surface area contributed by atoms with E-state index in [0.717, 1.165) is 22.7 Å². The predicted octanol–water partition coefficient (Wildman–Crippen LogP) is 4.80. The second-order valence-corrected chi connectivity index (χ2v) is 7.59. The third-order valence-corrected chi connectivity index (χ3v) is 5.35. The van der Waals surface area contributed by atoms with Gasteiger partial charge in [-0.1, -0.05) is 6.07 Å². The predicted molar refractivity (Wildman–Crippen MR) is 133 cm³/mol. The lowest BCUT2D eigenvalue weighted by molar-refractivity contribution is 0.102. The molecule has 0 fully saturated rings. The molecule has 0 saturated heterocycles. The highest BCUT2D eigenvalue weighted by Gasteiger charge is 2.11. The number of fused-ring (bicyclic) bond motifs is 1. The van der Waals surface area contributed by atoms with Gasteiger partial charge in [0.25, 0.3) is 5.91 Å². The molecule has 0 saturated carbocycles. The molecule has 174 valence electrons. The second kappa shape index (κ2) is 9.52. The van der Waals surface area contributed by atoms with Crippen molar-refractivity contribution in [2.24, 2.45) is 0 Å². The normalized spacial score (nSPS) is 10.7. The Balaban J connectivity index is 1.31. The zero-order chi connectivity index (χ0) is 24.2. The smallest absolute Gasteiger partial charge is 0.255 e. The van der Waals surface area contributed by atoms with Gasteiger partial charge in [-0.2, -0.15) is 4.98 Å². The highest BCUT2D eigenvalue weighted by atomic mass is 16.5. The first kappa shape index (κ1) is 21.9. The molecule has 1 amide bonds. The number of anilines is 3. The maximum atomic E-state index is 12.5. The van der Waals surface area contributed by atoms with E-state index in [0.29, 0.717) is 28.7 Å². The summed E-state index contributed by atoms with van der Waals surface area (Å²) in [5.74, 6) is 1.49. The molecule has 3 aromatic heterocycles. The Labute approximate surface area is 201 Å². The first-order valence-corrected chi connectivity index (χ1v) is 10.8. The maximum Gasteiger partial charge on any atom is 0.255 e. The standard InChI is InChI=1S/C26H22N6O3/c1-34-21-13-8-17(9-14-21)22-4-3-5-23-30-26(31-32(22)23)29-19-10-6-18(7-11-19)25(33)28-20-12-15-24(35-2)27-16-20/h3-16H,1-2H3,(H,28,33)(H,29,31). The number of nitrogens with zero attached hydrogens (tertiary/aromatic N) is 4. The molecule has 0 bridgehead atoms. The van der Waals surface area contributed by atoms with E-state index in [4.69, 9.17) is 9.47 Å². The van der Waals surface area contributed by atoms with Crippen molar-refractivity contribution in [2.45, 2.75) is 0 Å². The van der Waals surface area contributed by atoms with E-state index in [1.54, 1.807) is 54.2 Å². The van der Waals surface area contributed by atoms with Crippen molar-refractivity contribution in [2.75, 3.05) is 24.9 Å². The molecule has 3 heterocycles. The van der Waals surface area contributed by atoms with E-state index in [2.05, 4.69) is 25.7 Å². The van der Waals surface area contributed by atoms with E-state index in [-0.39, 0.29) is 5.91 Å². The van der Waals surface area contributed by atoms with E-state index in [9.17, 15) is 4.79 Å². The fourth-order valence-corrected chi connectivity index (χ4v) is 3.55. The van der Waals surface area contributed by atoms with Gasteiger partial charge in [-0.05, 0) is 66.7 Å². The molecule has 9 heteroatoms. The van der Waals surface area contributed by atoms with Crippen LogP contribution >= 0.6 is 0 Å². The van der Waals surface area contributed by atoms with Crippen molar-refractivity contribution < 1.29 is 14.3 Å². The Morgan fingerprint density at radius 3 is 2.31 bits per heavy atom. The Morgan fingerprint density at radius 1 is 0.857 bits per heavy atom. The summed E-state index contributed by atoms with van der Waals surface area (Å²) in [4.78, 5) is 21.2. The molecule has 2 aromatic carbocycles. The number of carbonyl (C=O) groups is 1. The van der Waals surface area contributed by atoms with Crippen LogP contribution in [0.25, 0.3) is 16.9 Å². The Hall–Kier alpha value is -4.92. The van der Waals surface area contributed by atoms with E-state index < -0.39 is 0 Å². The lowest BCUT2D eigenvalue weighted by atomic mass is 10.1. The molecule has 5 rings (SSSR count). The van der Waals surface area contributed by atoms with Gasteiger partial charge in [0.2, 0.25) is 11.8 Å². The molecule has 0 aliphatic carbocycles. The van der Waals surface area contributed by atoms with Gasteiger partial charge in [0.15, 0.2) is 5.65 Å². The summed E-state index contributed by atoms with van der Waals surface area (Å²) in [7, 11) is 3.18. The molecule has 0 unspecified atom stereocenters. The van der Waals surface area contributed by atoms with Crippen LogP contribution in [0.1, 0.15) is 10.4 Å². The molecule has 2 N–H and O–H groups in total. The van der Waals surface area contributed by atoms with Crippen molar-refractivity contribution in [3.63, 3.8) is 0 Å². The number of hydrogen-bond acceptors (Lipinski definition) is 7. The SMILES string of the molecule is COc1ccc(-c2cccc3nc(Nc4ccc(C(=O)Nc5ccc(OC)nc5)cc4)nn23)cc1. The van der Waals surface area contributed by atoms with Gasteiger partial charge in [0, 0.05) is 22.9 Å². The van der Waals surface area contributed by atoms with Crippen LogP contribution in [0.5, 0.6) is 11.6 Å². The minimum absolute atomic E-state index is 0.237. The first-order chi connectivity index (χ1) is 17.1. The van der Waals surface area contributed by atoms with Crippen molar-refractivity contribution in [1.82, 2.24) is 19.6 Å². The van der Waals surface area contributed by atoms with Crippen LogP contribution in [0.15, 0.2) is 85.1 Å². The second-order valence-electron chi connectivity index (χ2n) is 7.59. The molecular weight excluding hydrogens is 444 g/mol. The van der Waals surface area contributed by atoms with Gasteiger partial charge in [-0.15, -0.1) is 5.10 Å². The van der Waals surface area contributed by atoms with Crippen LogP contribution in [0.4, 0.5) is 17.3 Å². The summed E-state index contributed by atoms with van der Waals surface area (Å²) in [6.07, 6.45) is 1.54. The Kier molecular flexibility index (Phi) is 5.96. The third kappa shape index (κ3) is 4.74. The van der Waals surface area contributed by atoms with Crippen LogP contribution < -0.4 is 20.1 Å². The topological polar surface area (TPSA) is 103 Å². The average Bonchev–Trinajstić information content (AvgIpc) is 3.32. The van der Waals surface area contributed by atoms with E-state index in [1.165, 1.54) is 7.11 Å². The Morgan fingerprint density at radius 2 is 1.63 bits per heavy atom. The fourth-order valence-electron chi connectivity index (χ4n) is 3.55. The quantitative estimate of drug-likeness (QED) is 0.355. The maximum absolute atomic E-state index is 12.5. The molecule has 0 radical (unpaired) electrons. The van der Waals surface area contributed by atoms with E-state index in [1.807, 2.05) is 42.5 Å². The molecule has 0 aliphatic rings. The third-order valence-electron chi connectivity index (χ3n) is 5.35. The molecular formula is C26H22N6O3. The Bertz CT molecular complexity index is 1460. The summed E-state index contributed by atoms with van der Waals surface area (Å²) in [5.41, 5.74) is 4.47. The van der Waals surface area contributed by atoms with Gasteiger partial charge < -0.3 is 20.1 Å². The van der Waals surface area contributed by atoms with Crippen molar-refractivity contribution in [1.29, 1.82) is 0 Å². The summed E-state index contributed by atoms with van der Waals surface area (Å²) in [6, 6.07) is 24.1. The van der Waals surface area contributed by atoms with Gasteiger partial charge in [-0.25, -0.2) is 9.50 Å². The van der Waals surface area contributed by atoms with E-state index >= 15 is 0 Å². The minimum Gasteiger partial charge on any atom is -0.497 e. The van der Waals surface area contributed by atoms with Gasteiger partial charge in [-0.3, -0.25) is 4.79 Å². The molecule has 0 spiro atoms. The van der Waals surface area contributed by atoms with Crippen LogP contribution in [-0.4, -0.2) is 39.7 Å². The number of amides is 1. The molecule has 0 aliphatic heterocycles. The zero-order valence-electron chi connectivity index (χ0n) is 19.1. The highest BCUT2D eigenvalue weighted by Crippen LogP contribution is 2.24. The number of carbonyl (C=O) groups excluding carboxylic acids is 1. The van der Waals surface area contributed by atoms with Crippen LogP contribution in [0, 0.1) is 0 Å². The summed E-state index contributed by atoms with van der Waals surface area (Å²) in [5, 5.41) is 10.6. The van der Waals surface area contributed by atoms with Gasteiger partial charge >= 0.3 is 0 Å². The zero-order valence-corrected chi connectivity index (χ0v) is 19.1. The number of nitrogens with one attached hydrogen (secondary N) is 2. The number of rotatable bonds is 7. The molecule has 5 aromatic rings. The monoisotopic (exact) mass is 466 g/mol. The number of benzene rings is 2. The first-order valence-electron chi connectivity index (χ1n) is 10.8. The number of ether oxygens (including phenoxy) is 2. The van der Waals surface area contributed by atoms with Gasteiger partial charge in [0.05, 0.1) is 31.8 Å². The number of aromatic nitrogens is 4. The van der Waals surface area contributed by atoms with Crippen LogP contribution in [0.3, 0.4) is 0 Å². The largest absolute Gasteiger partial charge is 0.497 e. The summed E-state index contributed by atoms with van der Waals surface area (Å²) >= 11 is 0. The van der Waals surface area contributed by atoms with Crippen LogP contribution in [0.2, 0.25) is 0 Å². The molecule has 35 heavy (non-hydrogen) atoms. The average molecular weight is 467 g/mol. The molecule has 0 atom stereocenters.